The van der Waals surface area contributed by atoms with Gasteiger partial charge in [-0.05, 0) is 67.5 Å². The van der Waals surface area contributed by atoms with Crippen molar-refractivity contribution in [2.75, 3.05) is 13.2 Å². The molecule has 3 heteroatoms. The molecule has 0 fully saturated rings. The Balaban J connectivity index is 1.56. The summed E-state index contributed by atoms with van der Waals surface area (Å²) in [5, 5.41) is 0. The summed E-state index contributed by atoms with van der Waals surface area (Å²) in [6, 6.07) is 35.3. The molecule has 0 aliphatic rings. The van der Waals surface area contributed by atoms with Crippen LogP contribution in [-0.2, 0) is 4.74 Å². The van der Waals surface area contributed by atoms with E-state index in [9.17, 15) is 0 Å². The van der Waals surface area contributed by atoms with Gasteiger partial charge in [0.25, 0.3) is 0 Å². The van der Waals surface area contributed by atoms with Gasteiger partial charge in [0.1, 0.15) is 18.1 Å². The van der Waals surface area contributed by atoms with E-state index in [1.807, 2.05) is 80.6 Å². The Hall–Kier alpha value is -4.60. The Morgan fingerprint density at radius 3 is 1.85 bits per heavy atom. The second kappa shape index (κ2) is 17.2. The number of benzene rings is 4. The normalized spacial score (nSPS) is 13.3. The molecule has 238 valence electrons. The van der Waals surface area contributed by atoms with Gasteiger partial charge in [-0.2, -0.15) is 0 Å². The number of hydrogen-bond donors (Lipinski definition) is 0. The SMILES string of the molecule is C=C/C(=C(C)/C=C\C)C(OCCOc1c(-c2ccccc2)cccc1-c1ccccc1)Oc1ccc(C(CC(C)C)C(=C)C)cc1. The molecule has 46 heavy (non-hydrogen) atoms. The number of ether oxygens (including phenoxy) is 3. The van der Waals surface area contributed by atoms with Gasteiger partial charge in [0.15, 0.2) is 0 Å². The number of hydrogen-bond acceptors (Lipinski definition) is 3. The predicted molar refractivity (Wildman–Crippen MR) is 194 cm³/mol. The van der Waals surface area contributed by atoms with Gasteiger partial charge < -0.3 is 14.2 Å². The van der Waals surface area contributed by atoms with Crippen LogP contribution in [0.4, 0.5) is 0 Å². The number of rotatable bonds is 16. The Morgan fingerprint density at radius 2 is 1.35 bits per heavy atom. The molecule has 0 saturated heterocycles. The molecule has 4 rings (SSSR count). The third-order valence-corrected chi connectivity index (χ3v) is 7.96. The first-order valence-electron chi connectivity index (χ1n) is 16.2. The molecule has 0 heterocycles. The molecule has 0 bridgehead atoms. The van der Waals surface area contributed by atoms with Crippen molar-refractivity contribution in [3.05, 3.63) is 157 Å². The number of para-hydroxylation sites is 1. The van der Waals surface area contributed by atoms with Gasteiger partial charge >= 0.3 is 0 Å². The summed E-state index contributed by atoms with van der Waals surface area (Å²) in [5.74, 6) is 2.46. The molecule has 2 unspecified atom stereocenters. The smallest absolute Gasteiger partial charge is 0.227 e. The van der Waals surface area contributed by atoms with Crippen LogP contribution in [0.5, 0.6) is 11.5 Å². The summed E-state index contributed by atoms with van der Waals surface area (Å²) >= 11 is 0. The van der Waals surface area contributed by atoms with E-state index in [0.29, 0.717) is 25.0 Å². The highest BCUT2D eigenvalue weighted by atomic mass is 16.7. The standard InChI is InChI=1S/C43H48O3/c1-8-17-33(7)38(9-2)43(46-37-26-24-36(25-27-37)41(32(5)6)30-31(3)4)45-29-28-44-42-39(34-18-12-10-13-19-34)22-16-23-40(42)35-20-14-11-15-21-35/h8-27,31,41,43H,2,5,28-30H2,1,3-4,6-7H3/b17-8-,38-33-. The fourth-order valence-corrected chi connectivity index (χ4v) is 5.65. The van der Waals surface area contributed by atoms with Crippen molar-refractivity contribution in [2.24, 2.45) is 5.92 Å². The van der Waals surface area contributed by atoms with Crippen molar-refractivity contribution < 1.29 is 14.2 Å². The van der Waals surface area contributed by atoms with Crippen molar-refractivity contribution in [1.29, 1.82) is 0 Å². The van der Waals surface area contributed by atoms with Crippen molar-refractivity contribution in [3.63, 3.8) is 0 Å². The third-order valence-electron chi connectivity index (χ3n) is 7.96. The van der Waals surface area contributed by atoms with Crippen molar-refractivity contribution in [1.82, 2.24) is 0 Å². The van der Waals surface area contributed by atoms with Gasteiger partial charge in [-0.3, -0.25) is 0 Å². The minimum absolute atomic E-state index is 0.312. The highest BCUT2D eigenvalue weighted by molar-refractivity contribution is 5.82. The summed E-state index contributed by atoms with van der Waals surface area (Å²) in [6.07, 6.45) is 6.27. The average molecular weight is 613 g/mol. The maximum Gasteiger partial charge on any atom is 0.227 e. The summed E-state index contributed by atoms with van der Waals surface area (Å²) in [6.45, 7) is 19.6. The van der Waals surface area contributed by atoms with Gasteiger partial charge in [-0.25, -0.2) is 0 Å². The van der Waals surface area contributed by atoms with Crippen LogP contribution < -0.4 is 9.47 Å². The molecule has 2 atom stereocenters. The van der Waals surface area contributed by atoms with E-state index < -0.39 is 6.29 Å². The fourth-order valence-electron chi connectivity index (χ4n) is 5.65. The zero-order chi connectivity index (χ0) is 32.9. The molecular formula is C43H48O3. The Morgan fingerprint density at radius 1 is 0.761 bits per heavy atom. The van der Waals surface area contributed by atoms with Crippen LogP contribution in [0.15, 0.2) is 151 Å². The molecule has 0 radical (unpaired) electrons. The maximum atomic E-state index is 6.55. The van der Waals surface area contributed by atoms with Crippen LogP contribution in [0.1, 0.15) is 52.5 Å². The minimum atomic E-state index is -0.659. The summed E-state index contributed by atoms with van der Waals surface area (Å²) in [7, 11) is 0. The quantitative estimate of drug-likeness (QED) is 0.0545. The Labute approximate surface area is 276 Å². The first-order chi connectivity index (χ1) is 22.3. The first kappa shape index (κ1) is 34.3. The highest BCUT2D eigenvalue weighted by Crippen LogP contribution is 2.39. The van der Waals surface area contributed by atoms with Gasteiger partial charge in [0.05, 0.1) is 6.61 Å². The number of allylic oxidation sites excluding steroid dienone is 4. The van der Waals surface area contributed by atoms with Crippen molar-refractivity contribution >= 4 is 0 Å². The van der Waals surface area contributed by atoms with E-state index in [1.54, 1.807) is 0 Å². The minimum Gasteiger partial charge on any atom is -0.490 e. The lowest BCUT2D eigenvalue weighted by molar-refractivity contribution is -0.0601. The van der Waals surface area contributed by atoms with E-state index in [4.69, 9.17) is 14.2 Å². The second-order valence-electron chi connectivity index (χ2n) is 12.0. The highest BCUT2D eigenvalue weighted by Gasteiger charge is 2.20. The Kier molecular flexibility index (Phi) is 12.8. The van der Waals surface area contributed by atoms with Crippen LogP contribution in [0.25, 0.3) is 22.3 Å². The van der Waals surface area contributed by atoms with Gasteiger partial charge in [0, 0.05) is 22.6 Å². The zero-order valence-corrected chi connectivity index (χ0v) is 28.0. The molecule has 0 saturated carbocycles. The summed E-state index contributed by atoms with van der Waals surface area (Å²) in [5.41, 5.74) is 8.59. The molecule has 0 N–H and O–H groups in total. The lowest BCUT2D eigenvalue weighted by Gasteiger charge is -2.24. The Bertz CT molecular complexity index is 1550. The van der Waals surface area contributed by atoms with E-state index in [-0.39, 0.29) is 0 Å². The molecule has 3 nitrogen and oxygen atoms in total. The van der Waals surface area contributed by atoms with Crippen LogP contribution in [0.3, 0.4) is 0 Å². The molecule has 0 aliphatic carbocycles. The van der Waals surface area contributed by atoms with Crippen LogP contribution in [0, 0.1) is 5.92 Å². The van der Waals surface area contributed by atoms with Crippen molar-refractivity contribution in [2.45, 2.75) is 53.2 Å². The molecule has 0 amide bonds. The van der Waals surface area contributed by atoms with Crippen LogP contribution in [0.2, 0.25) is 0 Å². The van der Waals surface area contributed by atoms with Crippen molar-refractivity contribution in [3.8, 4) is 33.8 Å². The largest absolute Gasteiger partial charge is 0.490 e. The van der Waals surface area contributed by atoms with Crippen LogP contribution >= 0.6 is 0 Å². The van der Waals surface area contributed by atoms with Gasteiger partial charge in [0.2, 0.25) is 6.29 Å². The van der Waals surface area contributed by atoms with Gasteiger partial charge in [-0.15, -0.1) is 0 Å². The molecule has 0 aliphatic heterocycles. The van der Waals surface area contributed by atoms with Gasteiger partial charge in [-0.1, -0.05) is 142 Å². The van der Waals surface area contributed by atoms with E-state index in [1.165, 1.54) is 11.1 Å². The third kappa shape index (κ3) is 9.22. The molecule has 4 aromatic rings. The molecule has 4 aromatic carbocycles. The summed E-state index contributed by atoms with van der Waals surface area (Å²) < 4.78 is 19.5. The second-order valence-corrected chi connectivity index (χ2v) is 12.0. The lowest BCUT2D eigenvalue weighted by atomic mass is 9.86. The average Bonchev–Trinajstić information content (AvgIpc) is 3.07. The van der Waals surface area contributed by atoms with Crippen LogP contribution in [-0.4, -0.2) is 19.5 Å². The summed E-state index contributed by atoms with van der Waals surface area (Å²) in [4.78, 5) is 0. The zero-order valence-electron chi connectivity index (χ0n) is 28.0. The first-order valence-corrected chi connectivity index (χ1v) is 16.2. The molecule has 0 spiro atoms. The molecule has 0 aromatic heterocycles. The maximum absolute atomic E-state index is 6.55. The monoisotopic (exact) mass is 612 g/mol. The van der Waals surface area contributed by atoms with E-state index in [2.05, 4.69) is 88.5 Å². The van der Waals surface area contributed by atoms with E-state index in [0.717, 1.165) is 51.3 Å². The predicted octanol–water partition coefficient (Wildman–Crippen LogP) is 11.6. The molecular weight excluding hydrogens is 564 g/mol. The lowest BCUT2D eigenvalue weighted by Crippen LogP contribution is -2.26. The van der Waals surface area contributed by atoms with E-state index >= 15 is 0 Å². The fraction of sp³-hybridized carbons (Fsp3) is 0.256. The topological polar surface area (TPSA) is 27.7 Å².